The molecule has 21 rings (SSSR count). The van der Waals surface area contributed by atoms with Gasteiger partial charge >= 0.3 is 0 Å². The van der Waals surface area contributed by atoms with E-state index in [9.17, 15) is 6.57 Å². The lowest BCUT2D eigenvalue weighted by Crippen LogP contribution is -2.08. The Bertz CT molecular complexity index is 7090. The van der Waals surface area contributed by atoms with Crippen LogP contribution in [0, 0.1) is 6.57 Å². The maximum atomic E-state index is 9.78. The standard InChI is InChI=1S/C94H54N6O3/c1-95-76-55-75(94-97-92(61-32-18-7-19-33-61)96-93(98-94)66-36-41-68-67-34-20-21-35-81(67)101-84(68)54-66)88(99-77-44-37-62(56-22-8-2-9-23-56)52-73(77)86-79(99)46-42-69-71-50-64(58-26-12-4-13-27-58)39-48-82(71)102-90(69)86)85(60-30-16-6-17-31-60)89(76)100-78-45-38-63(57-24-10-3-11-25-57)53-74(78)87-80(100)47-43-70-72-51-65(59-28-14-5-15-29-59)40-49-83(72)103-91(70)87/h2-55H. The highest BCUT2D eigenvalue weighted by Gasteiger charge is 2.32. The molecule has 9 heteroatoms. The zero-order valence-corrected chi connectivity index (χ0v) is 55.1. The number of benzene rings is 15. The van der Waals surface area contributed by atoms with Crippen molar-refractivity contribution in [3.63, 3.8) is 0 Å². The summed E-state index contributed by atoms with van der Waals surface area (Å²) >= 11 is 0. The van der Waals surface area contributed by atoms with Crippen LogP contribution in [0.25, 0.3) is 215 Å². The number of para-hydroxylation sites is 1. The minimum Gasteiger partial charge on any atom is -0.456 e. The minimum atomic E-state index is 0.361. The van der Waals surface area contributed by atoms with Crippen molar-refractivity contribution in [2.24, 2.45) is 0 Å². The fourth-order valence-electron chi connectivity index (χ4n) is 15.8. The summed E-state index contributed by atoms with van der Waals surface area (Å²) in [7, 11) is 0. The van der Waals surface area contributed by atoms with Crippen LogP contribution in [-0.2, 0) is 0 Å². The van der Waals surface area contributed by atoms with Crippen LogP contribution >= 0.6 is 0 Å². The van der Waals surface area contributed by atoms with E-state index < -0.39 is 0 Å². The number of rotatable bonds is 10. The second-order valence-corrected chi connectivity index (χ2v) is 26.4. The molecule has 21 aromatic rings. The molecule has 0 aliphatic rings. The minimum absolute atomic E-state index is 0.361. The zero-order chi connectivity index (χ0) is 67.8. The smallest absolute Gasteiger partial charge is 0.212 e. The fraction of sp³-hybridized carbons (Fsp3) is 0. The van der Waals surface area contributed by atoms with E-state index in [0.717, 1.165) is 176 Å². The van der Waals surface area contributed by atoms with E-state index in [-0.39, 0.29) is 0 Å². The number of fused-ring (bicyclic) bond motifs is 17. The molecule has 0 bridgehead atoms. The predicted molar refractivity (Wildman–Crippen MR) is 420 cm³/mol. The normalized spacial score (nSPS) is 11.9. The fourth-order valence-corrected chi connectivity index (χ4v) is 15.8. The molecule has 478 valence electrons. The molecule has 9 nitrogen and oxygen atoms in total. The largest absolute Gasteiger partial charge is 0.456 e. The number of nitrogens with zero attached hydrogens (tertiary/aromatic N) is 6. The molecular weight excluding hydrogens is 1260 g/mol. The van der Waals surface area contributed by atoms with Gasteiger partial charge in [-0.05, 0) is 147 Å². The van der Waals surface area contributed by atoms with E-state index in [1.54, 1.807) is 0 Å². The van der Waals surface area contributed by atoms with Gasteiger partial charge in [0.25, 0.3) is 0 Å². The van der Waals surface area contributed by atoms with Crippen molar-refractivity contribution in [3.05, 3.63) is 339 Å². The molecule has 0 aliphatic heterocycles. The number of hydrogen-bond donors (Lipinski definition) is 0. The molecule has 0 fully saturated rings. The van der Waals surface area contributed by atoms with Crippen molar-refractivity contribution in [1.29, 1.82) is 0 Å². The monoisotopic (exact) mass is 1310 g/mol. The van der Waals surface area contributed by atoms with Crippen LogP contribution < -0.4 is 0 Å². The van der Waals surface area contributed by atoms with Crippen molar-refractivity contribution in [2.45, 2.75) is 0 Å². The van der Waals surface area contributed by atoms with Gasteiger partial charge in [-0.3, -0.25) is 0 Å². The summed E-state index contributed by atoms with van der Waals surface area (Å²) in [6.07, 6.45) is 0. The van der Waals surface area contributed by atoms with Crippen LogP contribution in [0.5, 0.6) is 0 Å². The first-order valence-electron chi connectivity index (χ1n) is 34.5. The van der Waals surface area contributed by atoms with E-state index in [1.165, 1.54) is 0 Å². The molecule has 0 radical (unpaired) electrons. The molecule has 0 unspecified atom stereocenters. The van der Waals surface area contributed by atoms with Crippen molar-refractivity contribution < 1.29 is 13.3 Å². The van der Waals surface area contributed by atoms with E-state index in [1.807, 2.05) is 78.9 Å². The van der Waals surface area contributed by atoms with Gasteiger partial charge in [-0.25, -0.2) is 19.8 Å². The predicted octanol–water partition coefficient (Wildman–Crippen LogP) is 25.7. The molecule has 0 spiro atoms. The van der Waals surface area contributed by atoms with Gasteiger partial charge in [-0.15, -0.1) is 0 Å². The SMILES string of the molecule is [C-]#[N+]c1cc(-c2nc(-c3ccccc3)nc(-c3ccc4c(c3)oc3ccccc34)n2)c(-n2c3ccc(-c4ccccc4)cc3c3c4oc5ccc(-c6ccccc6)cc5c4ccc32)c(-c2ccccc2)c1-n1c2ccc(-c3ccccc3)cc2c2c3oc4ccc(-c5ccccc5)cc4c3ccc21. The zero-order valence-electron chi connectivity index (χ0n) is 55.1. The summed E-state index contributed by atoms with van der Waals surface area (Å²) in [5.74, 6) is 1.25. The Morgan fingerprint density at radius 2 is 0.631 bits per heavy atom. The maximum Gasteiger partial charge on any atom is 0.212 e. The van der Waals surface area contributed by atoms with E-state index in [4.69, 9.17) is 33.0 Å². The summed E-state index contributed by atoms with van der Waals surface area (Å²) < 4.78 is 25.8. The van der Waals surface area contributed by atoms with E-state index in [2.05, 4.69) is 258 Å². The summed E-state index contributed by atoms with van der Waals surface area (Å²) in [5.41, 5.74) is 22.3. The first kappa shape index (κ1) is 57.8. The van der Waals surface area contributed by atoms with Gasteiger partial charge in [-0.1, -0.05) is 231 Å². The van der Waals surface area contributed by atoms with Gasteiger partial charge in [0.05, 0.1) is 50.8 Å². The quantitative estimate of drug-likeness (QED) is 0.127. The lowest BCUT2D eigenvalue weighted by molar-refractivity contribution is 0.669. The molecule has 6 aromatic heterocycles. The first-order valence-corrected chi connectivity index (χ1v) is 34.5. The molecule has 0 aliphatic carbocycles. The number of furan rings is 3. The van der Waals surface area contributed by atoms with Gasteiger partial charge in [0.2, 0.25) is 5.69 Å². The lowest BCUT2D eigenvalue weighted by Gasteiger charge is -2.24. The molecule has 0 atom stereocenters. The van der Waals surface area contributed by atoms with Gasteiger partial charge in [0, 0.05) is 65.3 Å². The summed E-state index contributed by atoms with van der Waals surface area (Å²) in [6, 6.07) is 114. The van der Waals surface area contributed by atoms with Crippen molar-refractivity contribution in [3.8, 4) is 101 Å². The second kappa shape index (κ2) is 22.9. The first-order chi connectivity index (χ1) is 51.0. The van der Waals surface area contributed by atoms with Crippen LogP contribution in [0.1, 0.15) is 0 Å². The second-order valence-electron chi connectivity index (χ2n) is 26.4. The van der Waals surface area contributed by atoms with Crippen molar-refractivity contribution in [2.75, 3.05) is 0 Å². The van der Waals surface area contributed by atoms with Crippen LogP contribution in [0.4, 0.5) is 5.69 Å². The Balaban J connectivity index is 0.928. The average molecular weight is 1320 g/mol. The molecule has 0 saturated carbocycles. The van der Waals surface area contributed by atoms with Gasteiger partial charge in [-0.2, -0.15) is 0 Å². The van der Waals surface area contributed by atoms with E-state index >= 15 is 0 Å². The average Bonchev–Trinajstić information content (AvgIpc) is 1.56. The Morgan fingerprint density at radius 1 is 0.252 bits per heavy atom. The Kier molecular flexibility index (Phi) is 12.9. The molecule has 103 heavy (non-hydrogen) atoms. The maximum absolute atomic E-state index is 9.78. The number of aromatic nitrogens is 5. The van der Waals surface area contributed by atoms with E-state index in [0.29, 0.717) is 40.0 Å². The third-order valence-corrected chi connectivity index (χ3v) is 20.6. The third kappa shape index (κ3) is 9.15. The topological polar surface area (TPSA) is 92.3 Å². The van der Waals surface area contributed by atoms with Crippen LogP contribution in [0.15, 0.2) is 341 Å². The molecule has 0 saturated heterocycles. The molecule has 0 amide bonds. The molecule has 6 heterocycles. The molecular formula is C94H54N6O3. The molecule has 0 N–H and O–H groups in total. The van der Waals surface area contributed by atoms with Crippen molar-refractivity contribution >= 4 is 115 Å². The Morgan fingerprint density at radius 3 is 1.14 bits per heavy atom. The lowest BCUT2D eigenvalue weighted by atomic mass is 9.94. The highest BCUT2D eigenvalue weighted by Crippen LogP contribution is 2.53. The Hall–Kier alpha value is -14.2. The highest BCUT2D eigenvalue weighted by atomic mass is 16.3. The van der Waals surface area contributed by atoms with Crippen LogP contribution in [0.3, 0.4) is 0 Å². The van der Waals surface area contributed by atoms with Crippen LogP contribution in [0.2, 0.25) is 0 Å². The summed E-state index contributed by atoms with van der Waals surface area (Å²) in [6.45, 7) is 9.78. The molecule has 15 aromatic carbocycles. The highest BCUT2D eigenvalue weighted by molar-refractivity contribution is 6.27. The Labute approximate surface area is 589 Å². The van der Waals surface area contributed by atoms with Crippen LogP contribution in [-0.4, -0.2) is 24.1 Å². The van der Waals surface area contributed by atoms with Gasteiger partial charge in [0.1, 0.15) is 33.5 Å². The van der Waals surface area contributed by atoms with Crippen molar-refractivity contribution in [1.82, 2.24) is 24.1 Å². The number of hydrogen-bond acceptors (Lipinski definition) is 6. The van der Waals surface area contributed by atoms with Gasteiger partial charge in [0.15, 0.2) is 17.5 Å². The van der Waals surface area contributed by atoms with Gasteiger partial charge < -0.3 is 22.4 Å². The third-order valence-electron chi connectivity index (χ3n) is 20.6. The summed E-state index contributed by atoms with van der Waals surface area (Å²) in [4.78, 5) is 21.3. The summed E-state index contributed by atoms with van der Waals surface area (Å²) in [5, 5.41) is 9.79.